The van der Waals surface area contributed by atoms with Gasteiger partial charge in [0, 0.05) is 25.7 Å². The topological polar surface area (TPSA) is 18.5 Å². The smallest absolute Gasteiger partial charge is 0.0563 e. The van der Waals surface area contributed by atoms with Crippen LogP contribution in [0.15, 0.2) is 0 Å². The molecule has 0 atom stereocenters. The molecule has 0 aromatic carbocycles. The van der Waals surface area contributed by atoms with Crippen LogP contribution in [0.2, 0.25) is 0 Å². The molecule has 0 bridgehead atoms. The Hall–Kier alpha value is 0.400. The molecule has 0 rings (SSSR count). The molecule has 0 spiro atoms. The Kier molecular flexibility index (Phi) is 8.77. The van der Waals surface area contributed by atoms with Gasteiger partial charge in [-0.2, -0.15) is 0 Å². The van der Waals surface area contributed by atoms with E-state index in [1.54, 1.807) is 7.11 Å². The first-order valence-electron chi connectivity index (χ1n) is 3.04. The molecule has 0 saturated heterocycles. The predicted octanol–water partition coefficient (Wildman–Crippen LogP) is 1.43. The Morgan fingerprint density at radius 1 is 1.22 bits per heavy atom. The van der Waals surface area contributed by atoms with Crippen LogP contribution >= 0.6 is 15.9 Å². The van der Waals surface area contributed by atoms with Gasteiger partial charge < -0.3 is 9.47 Å². The molecule has 56 valence electrons. The van der Waals surface area contributed by atoms with Crippen molar-refractivity contribution in [1.82, 2.24) is 0 Å². The Labute approximate surface area is 64.7 Å². The van der Waals surface area contributed by atoms with Gasteiger partial charge in [-0.3, -0.25) is 0 Å². The zero-order chi connectivity index (χ0) is 6.95. The molecule has 0 fully saturated rings. The van der Waals surface area contributed by atoms with Crippen molar-refractivity contribution < 1.29 is 9.47 Å². The first-order valence-corrected chi connectivity index (χ1v) is 4.16. The van der Waals surface area contributed by atoms with E-state index in [9.17, 15) is 0 Å². The molecular weight excluding hydrogens is 184 g/mol. The van der Waals surface area contributed by atoms with Crippen molar-refractivity contribution in [2.75, 3.05) is 32.3 Å². The van der Waals surface area contributed by atoms with Crippen LogP contribution in [-0.4, -0.2) is 32.3 Å². The molecule has 0 unspecified atom stereocenters. The molecule has 9 heavy (non-hydrogen) atoms. The van der Waals surface area contributed by atoms with Gasteiger partial charge in [0.05, 0.1) is 6.61 Å². The van der Waals surface area contributed by atoms with Crippen LogP contribution in [0.5, 0.6) is 0 Å². The molecule has 0 aliphatic carbocycles. The number of methoxy groups -OCH3 is 1. The summed E-state index contributed by atoms with van der Waals surface area (Å²) in [5.41, 5.74) is 0. The minimum Gasteiger partial charge on any atom is -0.385 e. The average molecular weight is 197 g/mol. The summed E-state index contributed by atoms with van der Waals surface area (Å²) >= 11 is 3.26. The number of alkyl halides is 1. The molecule has 0 aromatic heterocycles. The van der Waals surface area contributed by atoms with E-state index in [-0.39, 0.29) is 0 Å². The maximum absolute atomic E-state index is 5.16. The zero-order valence-corrected chi connectivity index (χ0v) is 7.32. The Morgan fingerprint density at radius 3 is 2.56 bits per heavy atom. The number of hydrogen-bond donors (Lipinski definition) is 0. The summed E-state index contributed by atoms with van der Waals surface area (Å²) in [6.45, 7) is 2.39. The quantitative estimate of drug-likeness (QED) is 0.473. The van der Waals surface area contributed by atoms with E-state index in [0.717, 1.165) is 31.6 Å². The van der Waals surface area contributed by atoms with Gasteiger partial charge in [0.2, 0.25) is 0 Å². The summed E-state index contributed by atoms with van der Waals surface area (Å²) in [5.74, 6) is 0. The van der Waals surface area contributed by atoms with Crippen LogP contribution in [0.3, 0.4) is 0 Å². The molecule has 0 aromatic rings. The minimum absolute atomic E-state index is 0.794. The van der Waals surface area contributed by atoms with Gasteiger partial charge in [0.1, 0.15) is 0 Å². The Bertz CT molecular complexity index is 44.3. The van der Waals surface area contributed by atoms with Crippen LogP contribution in [-0.2, 0) is 9.47 Å². The van der Waals surface area contributed by atoms with E-state index < -0.39 is 0 Å². The molecule has 0 amide bonds. The third kappa shape index (κ3) is 8.40. The fourth-order valence-corrected chi connectivity index (χ4v) is 0.691. The first kappa shape index (κ1) is 9.40. The van der Waals surface area contributed by atoms with Crippen LogP contribution < -0.4 is 0 Å². The zero-order valence-electron chi connectivity index (χ0n) is 5.73. The highest BCUT2D eigenvalue weighted by Crippen LogP contribution is 1.85. The molecular formula is C6H13BrO2. The van der Waals surface area contributed by atoms with Crippen molar-refractivity contribution in [3.8, 4) is 0 Å². The van der Waals surface area contributed by atoms with E-state index in [1.165, 1.54) is 0 Å². The van der Waals surface area contributed by atoms with Crippen LogP contribution in [0.25, 0.3) is 0 Å². The number of hydrogen-bond acceptors (Lipinski definition) is 2. The summed E-state index contributed by atoms with van der Waals surface area (Å²) in [5, 5.41) is 0.917. The second-order valence-electron chi connectivity index (χ2n) is 1.65. The van der Waals surface area contributed by atoms with Crippen LogP contribution in [0, 0.1) is 0 Å². The van der Waals surface area contributed by atoms with Crippen molar-refractivity contribution in [2.45, 2.75) is 6.42 Å². The highest BCUT2D eigenvalue weighted by atomic mass is 79.9. The summed E-state index contributed by atoms with van der Waals surface area (Å²) in [4.78, 5) is 0. The van der Waals surface area contributed by atoms with Crippen LogP contribution in [0.4, 0.5) is 0 Å². The second-order valence-corrected chi connectivity index (χ2v) is 2.44. The Morgan fingerprint density at radius 2 is 2.00 bits per heavy atom. The van der Waals surface area contributed by atoms with Crippen molar-refractivity contribution in [2.24, 2.45) is 0 Å². The molecule has 0 aliphatic rings. The average Bonchev–Trinajstić information content (AvgIpc) is 1.89. The number of rotatable bonds is 6. The van der Waals surface area contributed by atoms with Crippen molar-refractivity contribution >= 4 is 15.9 Å². The Balaban J connectivity index is 2.60. The minimum atomic E-state index is 0.794. The fraction of sp³-hybridized carbons (Fsp3) is 1.00. The molecule has 0 aliphatic heterocycles. The fourth-order valence-electron chi connectivity index (χ4n) is 0.462. The van der Waals surface area contributed by atoms with Gasteiger partial charge in [0.15, 0.2) is 0 Å². The standard InChI is InChI=1S/C6H13BrO2/c1-8-4-2-5-9-6-3-7/h2-6H2,1H3. The highest BCUT2D eigenvalue weighted by Gasteiger charge is 1.85. The molecule has 0 saturated carbocycles. The largest absolute Gasteiger partial charge is 0.385 e. The van der Waals surface area contributed by atoms with E-state index in [0.29, 0.717) is 0 Å². The van der Waals surface area contributed by atoms with Crippen molar-refractivity contribution in [3.63, 3.8) is 0 Å². The lowest BCUT2D eigenvalue weighted by Crippen LogP contribution is -2.00. The molecule has 0 heterocycles. The monoisotopic (exact) mass is 196 g/mol. The van der Waals surface area contributed by atoms with Crippen molar-refractivity contribution in [3.05, 3.63) is 0 Å². The lowest BCUT2D eigenvalue weighted by atomic mass is 10.5. The van der Waals surface area contributed by atoms with E-state index >= 15 is 0 Å². The second kappa shape index (κ2) is 8.40. The summed E-state index contributed by atoms with van der Waals surface area (Å²) in [6.07, 6.45) is 0.990. The van der Waals surface area contributed by atoms with E-state index in [4.69, 9.17) is 9.47 Å². The number of ether oxygens (including phenoxy) is 2. The molecule has 0 radical (unpaired) electrons. The van der Waals surface area contributed by atoms with Gasteiger partial charge in [-0.25, -0.2) is 0 Å². The van der Waals surface area contributed by atoms with Gasteiger partial charge in [-0.15, -0.1) is 0 Å². The van der Waals surface area contributed by atoms with Crippen LogP contribution in [0.1, 0.15) is 6.42 Å². The van der Waals surface area contributed by atoms with Gasteiger partial charge in [-0.05, 0) is 6.42 Å². The molecule has 3 heteroatoms. The highest BCUT2D eigenvalue weighted by molar-refractivity contribution is 9.09. The normalized spacial score (nSPS) is 10.0. The SMILES string of the molecule is COCCCOCCBr. The van der Waals surface area contributed by atoms with Crippen molar-refractivity contribution in [1.29, 1.82) is 0 Å². The maximum Gasteiger partial charge on any atom is 0.0563 e. The van der Waals surface area contributed by atoms with Gasteiger partial charge >= 0.3 is 0 Å². The van der Waals surface area contributed by atoms with Gasteiger partial charge in [0.25, 0.3) is 0 Å². The van der Waals surface area contributed by atoms with E-state index in [2.05, 4.69) is 15.9 Å². The third-order valence-corrected chi connectivity index (χ3v) is 1.18. The predicted molar refractivity (Wildman–Crippen MR) is 41.1 cm³/mol. The van der Waals surface area contributed by atoms with E-state index in [1.807, 2.05) is 0 Å². The van der Waals surface area contributed by atoms with Gasteiger partial charge in [-0.1, -0.05) is 15.9 Å². The molecule has 0 N–H and O–H groups in total. The number of halogens is 1. The maximum atomic E-state index is 5.16. The first-order chi connectivity index (χ1) is 4.41. The molecule has 2 nitrogen and oxygen atoms in total. The summed E-state index contributed by atoms with van der Waals surface area (Å²) in [7, 11) is 1.70. The lowest BCUT2D eigenvalue weighted by molar-refractivity contribution is 0.113. The lowest BCUT2D eigenvalue weighted by Gasteiger charge is -1.99. The summed E-state index contributed by atoms with van der Waals surface area (Å²) < 4.78 is 9.99. The summed E-state index contributed by atoms with van der Waals surface area (Å²) in [6, 6.07) is 0. The third-order valence-electron chi connectivity index (χ3n) is 0.859.